The van der Waals surface area contributed by atoms with Gasteiger partial charge in [-0.1, -0.05) is 39.3 Å². The Kier molecular flexibility index (Phi) is 5.90. The molecule has 0 aromatic rings. The van der Waals surface area contributed by atoms with Crippen LogP contribution in [-0.2, 0) is 9.59 Å². The van der Waals surface area contributed by atoms with Crippen molar-refractivity contribution in [2.75, 3.05) is 6.61 Å². The molecule has 5 rings (SSSR count). The monoisotopic (exact) mass is 518 g/mol. The van der Waals surface area contributed by atoms with Gasteiger partial charge in [0.05, 0.1) is 29.6 Å². The van der Waals surface area contributed by atoms with E-state index in [1.165, 1.54) is 0 Å². The smallest absolute Gasteiger partial charge is 0.310 e. The molecule has 11 atom stereocenters. The van der Waals surface area contributed by atoms with Gasteiger partial charge >= 0.3 is 11.9 Å². The third kappa shape index (κ3) is 3.17. The van der Waals surface area contributed by atoms with Crippen molar-refractivity contribution in [2.45, 2.75) is 105 Å². The van der Waals surface area contributed by atoms with Gasteiger partial charge in [0, 0.05) is 5.41 Å². The highest BCUT2D eigenvalue weighted by molar-refractivity contribution is 5.79. The summed E-state index contributed by atoms with van der Waals surface area (Å²) in [6.07, 6.45) is 5.76. The van der Waals surface area contributed by atoms with Gasteiger partial charge in [-0.25, -0.2) is 0 Å². The number of allylic oxidation sites excluding steroid dienone is 2. The Hall–Kier alpha value is -1.44. The molecule has 4 fully saturated rings. The van der Waals surface area contributed by atoms with Crippen molar-refractivity contribution in [2.24, 2.45) is 50.2 Å². The lowest BCUT2D eigenvalue weighted by Gasteiger charge is -2.71. The van der Waals surface area contributed by atoms with Gasteiger partial charge in [-0.3, -0.25) is 9.59 Å². The Bertz CT molecular complexity index is 1040. The number of aliphatic carboxylic acids is 2. The fraction of sp³-hybridized carbons (Fsp3) is 0.867. The molecule has 0 aliphatic heterocycles. The first-order valence-electron chi connectivity index (χ1n) is 14.2. The number of fused-ring (bicyclic) bond motifs is 7. The third-order valence-corrected chi connectivity index (χ3v) is 13.4. The Morgan fingerprint density at radius 3 is 2.14 bits per heavy atom. The highest BCUT2D eigenvalue weighted by Crippen LogP contribution is 2.75. The molecule has 4 saturated carbocycles. The molecule has 5 aliphatic rings. The number of hydrogen-bond donors (Lipinski definition) is 5. The fourth-order valence-electron chi connectivity index (χ4n) is 10.8. The molecule has 5 aliphatic carbocycles. The number of rotatable bonds is 3. The van der Waals surface area contributed by atoms with Gasteiger partial charge in [0.25, 0.3) is 0 Å². The Morgan fingerprint density at radius 2 is 1.54 bits per heavy atom. The summed E-state index contributed by atoms with van der Waals surface area (Å²) in [5.74, 6) is -1.67. The summed E-state index contributed by atoms with van der Waals surface area (Å²) in [5.41, 5.74) is -2.21. The van der Waals surface area contributed by atoms with E-state index in [1.807, 2.05) is 6.92 Å². The minimum Gasteiger partial charge on any atom is -0.481 e. The zero-order chi connectivity index (χ0) is 27.4. The second kappa shape index (κ2) is 8.04. The number of carboxylic acid groups (broad SMARTS) is 2. The summed E-state index contributed by atoms with van der Waals surface area (Å²) in [7, 11) is 0. The first-order valence-corrected chi connectivity index (χ1v) is 14.2. The van der Waals surface area contributed by atoms with Crippen LogP contribution in [0.5, 0.6) is 0 Å². The van der Waals surface area contributed by atoms with Crippen LogP contribution < -0.4 is 0 Å². The maximum Gasteiger partial charge on any atom is 0.310 e. The van der Waals surface area contributed by atoms with E-state index in [0.29, 0.717) is 32.1 Å². The molecule has 0 aromatic carbocycles. The van der Waals surface area contributed by atoms with Crippen molar-refractivity contribution in [3.05, 3.63) is 11.6 Å². The summed E-state index contributed by atoms with van der Waals surface area (Å²) in [6, 6.07) is 0. The molecular weight excluding hydrogens is 472 g/mol. The zero-order valence-corrected chi connectivity index (χ0v) is 23.1. The predicted octanol–water partition coefficient (Wildman–Crippen LogP) is 4.24. The first kappa shape index (κ1) is 27.1. The van der Waals surface area contributed by atoms with Crippen molar-refractivity contribution in [1.29, 1.82) is 0 Å². The molecule has 0 bridgehead atoms. The molecule has 4 unspecified atom stereocenters. The van der Waals surface area contributed by atoms with Gasteiger partial charge in [-0.2, -0.15) is 0 Å². The lowest BCUT2D eigenvalue weighted by molar-refractivity contribution is -0.243. The number of carbonyl (C=O) groups is 2. The number of carboxylic acids is 2. The quantitative estimate of drug-likeness (QED) is 0.353. The average Bonchev–Trinajstić information content (AvgIpc) is 2.82. The SMILES string of the molecule is C[C@]1(C(=O)O)CC[C@@]2(C(=O)O)CC[C@]3(C)C(=CCC4[C@@]5(C)C[C@H](O)C(O)[C@@](C)(CO)C5CC[C@]43C)C2C1. The van der Waals surface area contributed by atoms with Crippen molar-refractivity contribution in [1.82, 2.24) is 0 Å². The predicted molar refractivity (Wildman–Crippen MR) is 137 cm³/mol. The van der Waals surface area contributed by atoms with Crippen LogP contribution in [0.4, 0.5) is 0 Å². The van der Waals surface area contributed by atoms with Gasteiger partial charge in [-0.05, 0) is 98.7 Å². The summed E-state index contributed by atoms with van der Waals surface area (Å²) < 4.78 is 0. The standard InChI is InChI=1S/C30H46O7/c1-25(23(34)35)10-12-30(24(36)37)13-11-28(4)17(18(30)14-25)6-7-21-26(2)15-19(32)22(33)27(3,16-31)20(26)8-9-29(21,28)5/h6,18-22,31-33H,7-16H2,1-5H3,(H,34,35)(H,36,37)/t18?,19-,20?,21?,22?,25-,26-,27-,28+,29+,30+/m0/s1. The maximum absolute atomic E-state index is 12.8. The normalized spacial score (nSPS) is 55.1. The Morgan fingerprint density at radius 1 is 0.892 bits per heavy atom. The largest absolute Gasteiger partial charge is 0.481 e. The zero-order valence-electron chi connectivity index (χ0n) is 23.1. The molecule has 0 spiro atoms. The number of hydrogen-bond acceptors (Lipinski definition) is 5. The third-order valence-electron chi connectivity index (χ3n) is 13.4. The van der Waals surface area contributed by atoms with Crippen LogP contribution in [0.15, 0.2) is 11.6 Å². The van der Waals surface area contributed by atoms with E-state index in [0.717, 1.165) is 31.3 Å². The van der Waals surface area contributed by atoms with E-state index in [-0.39, 0.29) is 40.6 Å². The van der Waals surface area contributed by atoms with Crippen LogP contribution in [0.25, 0.3) is 0 Å². The molecule has 0 heterocycles. The van der Waals surface area contributed by atoms with Gasteiger partial charge < -0.3 is 25.5 Å². The van der Waals surface area contributed by atoms with E-state index in [2.05, 4.69) is 26.8 Å². The van der Waals surface area contributed by atoms with E-state index >= 15 is 0 Å². The molecule has 0 aromatic heterocycles. The molecule has 7 nitrogen and oxygen atoms in total. The van der Waals surface area contributed by atoms with Crippen molar-refractivity contribution in [3.63, 3.8) is 0 Å². The van der Waals surface area contributed by atoms with Crippen molar-refractivity contribution >= 4 is 11.9 Å². The minimum absolute atomic E-state index is 0.0618. The van der Waals surface area contributed by atoms with Crippen LogP contribution in [0.1, 0.15) is 92.4 Å². The van der Waals surface area contributed by atoms with E-state index in [1.54, 1.807) is 6.92 Å². The summed E-state index contributed by atoms with van der Waals surface area (Å²) in [6.45, 7) is 10.4. The highest BCUT2D eigenvalue weighted by Gasteiger charge is 2.71. The van der Waals surface area contributed by atoms with Crippen LogP contribution in [0.2, 0.25) is 0 Å². The highest BCUT2D eigenvalue weighted by atomic mass is 16.4. The van der Waals surface area contributed by atoms with Gasteiger partial charge in [0.2, 0.25) is 0 Å². The molecule has 0 amide bonds. The molecule has 0 saturated heterocycles. The first-order chi connectivity index (χ1) is 17.1. The maximum atomic E-state index is 12.8. The van der Waals surface area contributed by atoms with Crippen LogP contribution in [0, 0.1) is 50.2 Å². The lowest BCUT2D eigenvalue weighted by Crippen LogP contribution is -2.68. The van der Waals surface area contributed by atoms with Gasteiger partial charge in [0.1, 0.15) is 0 Å². The lowest BCUT2D eigenvalue weighted by atomic mass is 9.33. The molecule has 7 heteroatoms. The summed E-state index contributed by atoms with van der Waals surface area (Å²) >= 11 is 0. The molecule has 5 N–H and O–H groups in total. The van der Waals surface area contributed by atoms with Gasteiger partial charge in [0.15, 0.2) is 0 Å². The van der Waals surface area contributed by atoms with Crippen LogP contribution >= 0.6 is 0 Å². The second-order valence-corrected chi connectivity index (χ2v) is 14.8. The van der Waals surface area contributed by atoms with Gasteiger partial charge in [-0.15, -0.1) is 0 Å². The summed E-state index contributed by atoms with van der Waals surface area (Å²) in [4.78, 5) is 25.1. The number of aliphatic hydroxyl groups is 3. The van der Waals surface area contributed by atoms with Crippen LogP contribution in [-0.4, -0.2) is 56.3 Å². The van der Waals surface area contributed by atoms with E-state index in [4.69, 9.17) is 0 Å². The number of aliphatic hydroxyl groups excluding tert-OH is 3. The van der Waals surface area contributed by atoms with E-state index < -0.39 is 40.4 Å². The molecular formula is C30H46O7. The second-order valence-electron chi connectivity index (χ2n) is 14.8. The van der Waals surface area contributed by atoms with Crippen molar-refractivity contribution in [3.8, 4) is 0 Å². The topological polar surface area (TPSA) is 135 Å². The molecule has 208 valence electrons. The van der Waals surface area contributed by atoms with E-state index in [9.17, 15) is 35.1 Å². The minimum atomic E-state index is -0.966. The molecule has 37 heavy (non-hydrogen) atoms. The average molecular weight is 519 g/mol. The fourth-order valence-corrected chi connectivity index (χ4v) is 10.8. The van der Waals surface area contributed by atoms with Crippen LogP contribution in [0.3, 0.4) is 0 Å². The summed E-state index contributed by atoms with van der Waals surface area (Å²) in [5, 5.41) is 52.9. The Labute approximate surface area is 220 Å². The van der Waals surface area contributed by atoms with Crippen molar-refractivity contribution < 1.29 is 35.1 Å². The molecule has 0 radical (unpaired) electrons. The Balaban J connectivity index is 1.61.